The molecule has 1 amide bonds. The van der Waals surface area contributed by atoms with Crippen LogP contribution in [0.1, 0.15) is 35.2 Å². The molecule has 3 rings (SSSR count). The molecule has 31 heavy (non-hydrogen) atoms. The van der Waals surface area contributed by atoms with Crippen LogP contribution in [-0.2, 0) is 19.6 Å². The standard InChI is InChI=1S/C22H26N2O6S/c1-16-8-4-5-9-18(16)22(26)30-15-21(25)23-17-10-11-19(29-2)20(14-17)31(27,28)24-12-6-3-7-13-24/h4-5,8-11,14H,3,6-7,12-13,15H2,1-2H3,(H,23,25). The summed E-state index contributed by atoms with van der Waals surface area (Å²) in [5.41, 5.74) is 1.40. The highest BCUT2D eigenvalue weighted by Gasteiger charge is 2.29. The second kappa shape index (κ2) is 9.93. The van der Waals surface area contributed by atoms with Gasteiger partial charge in [0, 0.05) is 18.8 Å². The zero-order valence-corrected chi connectivity index (χ0v) is 18.4. The van der Waals surface area contributed by atoms with E-state index in [4.69, 9.17) is 9.47 Å². The van der Waals surface area contributed by atoms with Crippen molar-refractivity contribution >= 4 is 27.6 Å². The normalized spacial score (nSPS) is 14.6. The Kier molecular flexibility index (Phi) is 7.29. The summed E-state index contributed by atoms with van der Waals surface area (Å²) in [5, 5.41) is 2.58. The molecule has 0 atom stereocenters. The molecular formula is C22H26N2O6S. The van der Waals surface area contributed by atoms with Crippen molar-refractivity contribution in [3.63, 3.8) is 0 Å². The van der Waals surface area contributed by atoms with Crippen molar-refractivity contribution < 1.29 is 27.5 Å². The average Bonchev–Trinajstić information content (AvgIpc) is 2.78. The molecule has 1 N–H and O–H groups in total. The highest BCUT2D eigenvalue weighted by atomic mass is 32.2. The number of rotatable bonds is 7. The van der Waals surface area contributed by atoms with Gasteiger partial charge < -0.3 is 14.8 Å². The van der Waals surface area contributed by atoms with Gasteiger partial charge in [-0.15, -0.1) is 0 Å². The third-order valence-electron chi connectivity index (χ3n) is 5.08. The van der Waals surface area contributed by atoms with Crippen LogP contribution in [0.3, 0.4) is 0 Å². The molecule has 0 aromatic heterocycles. The molecule has 1 aliphatic heterocycles. The molecule has 1 saturated heterocycles. The Morgan fingerprint density at radius 1 is 1.06 bits per heavy atom. The number of piperidine rings is 1. The number of esters is 1. The van der Waals surface area contributed by atoms with Gasteiger partial charge in [-0.1, -0.05) is 24.6 Å². The summed E-state index contributed by atoms with van der Waals surface area (Å²) < 4.78 is 37.9. The lowest BCUT2D eigenvalue weighted by Crippen LogP contribution is -2.35. The van der Waals surface area contributed by atoms with Gasteiger partial charge in [0.2, 0.25) is 10.0 Å². The van der Waals surface area contributed by atoms with Crippen LogP contribution in [-0.4, -0.2) is 51.4 Å². The summed E-state index contributed by atoms with van der Waals surface area (Å²) in [6.45, 7) is 2.19. The smallest absolute Gasteiger partial charge is 0.338 e. The van der Waals surface area contributed by atoms with E-state index in [1.165, 1.54) is 29.6 Å². The lowest BCUT2D eigenvalue weighted by Gasteiger charge is -2.26. The number of nitrogens with one attached hydrogen (secondary N) is 1. The Hall–Kier alpha value is -2.91. The first-order valence-electron chi connectivity index (χ1n) is 10.0. The number of hydrogen-bond donors (Lipinski definition) is 1. The van der Waals surface area contributed by atoms with Crippen molar-refractivity contribution in [1.82, 2.24) is 4.31 Å². The topological polar surface area (TPSA) is 102 Å². The molecular weight excluding hydrogens is 420 g/mol. The van der Waals surface area contributed by atoms with E-state index < -0.39 is 28.5 Å². The van der Waals surface area contributed by atoms with Gasteiger partial charge in [0.05, 0.1) is 12.7 Å². The monoisotopic (exact) mass is 446 g/mol. The fourth-order valence-electron chi connectivity index (χ4n) is 3.41. The van der Waals surface area contributed by atoms with Crippen LogP contribution in [0.25, 0.3) is 0 Å². The van der Waals surface area contributed by atoms with E-state index in [9.17, 15) is 18.0 Å². The molecule has 166 valence electrons. The van der Waals surface area contributed by atoms with Crippen LogP contribution in [0.5, 0.6) is 5.75 Å². The Morgan fingerprint density at radius 2 is 1.77 bits per heavy atom. The third kappa shape index (κ3) is 5.42. The fraction of sp³-hybridized carbons (Fsp3) is 0.364. The van der Waals surface area contributed by atoms with Crippen molar-refractivity contribution in [3.8, 4) is 5.75 Å². The number of methoxy groups -OCH3 is 1. The van der Waals surface area contributed by atoms with Gasteiger partial charge in [-0.2, -0.15) is 4.31 Å². The first-order chi connectivity index (χ1) is 14.8. The lowest BCUT2D eigenvalue weighted by molar-refractivity contribution is -0.119. The molecule has 2 aromatic rings. The summed E-state index contributed by atoms with van der Waals surface area (Å²) >= 11 is 0. The zero-order valence-electron chi connectivity index (χ0n) is 17.6. The largest absolute Gasteiger partial charge is 0.495 e. The number of hydrogen-bond acceptors (Lipinski definition) is 6. The summed E-state index contributed by atoms with van der Waals surface area (Å²) in [7, 11) is -2.36. The van der Waals surface area contributed by atoms with Gasteiger partial charge in [0.1, 0.15) is 10.6 Å². The quantitative estimate of drug-likeness (QED) is 0.656. The lowest BCUT2D eigenvalue weighted by atomic mass is 10.1. The summed E-state index contributed by atoms with van der Waals surface area (Å²) in [4.78, 5) is 24.4. The van der Waals surface area contributed by atoms with Gasteiger partial charge >= 0.3 is 5.97 Å². The number of sulfonamides is 1. The van der Waals surface area contributed by atoms with Gasteiger partial charge in [0.25, 0.3) is 5.91 Å². The second-order valence-electron chi connectivity index (χ2n) is 7.27. The predicted molar refractivity (Wildman–Crippen MR) is 116 cm³/mol. The molecule has 1 heterocycles. The number of amides is 1. The SMILES string of the molecule is COc1ccc(NC(=O)COC(=O)c2ccccc2C)cc1S(=O)(=O)N1CCCCC1. The van der Waals surface area contributed by atoms with E-state index in [0.717, 1.165) is 24.8 Å². The van der Waals surface area contributed by atoms with E-state index >= 15 is 0 Å². The maximum atomic E-state index is 13.1. The molecule has 8 nitrogen and oxygen atoms in total. The van der Waals surface area contributed by atoms with Crippen molar-refractivity contribution in [2.45, 2.75) is 31.1 Å². The van der Waals surface area contributed by atoms with Crippen molar-refractivity contribution in [2.24, 2.45) is 0 Å². The number of aryl methyl sites for hydroxylation is 1. The Labute approximate surface area is 182 Å². The van der Waals surface area contributed by atoms with Gasteiger partial charge in [-0.05, 0) is 49.6 Å². The summed E-state index contributed by atoms with van der Waals surface area (Å²) in [5.74, 6) is -0.973. The molecule has 2 aromatic carbocycles. The van der Waals surface area contributed by atoms with Crippen LogP contribution in [0, 0.1) is 6.92 Å². The molecule has 0 radical (unpaired) electrons. The number of carbonyl (C=O) groups is 2. The average molecular weight is 447 g/mol. The van der Waals surface area contributed by atoms with Crippen LogP contribution >= 0.6 is 0 Å². The fourth-order valence-corrected chi connectivity index (χ4v) is 5.11. The third-order valence-corrected chi connectivity index (χ3v) is 7.00. The van der Waals surface area contributed by atoms with E-state index in [1.54, 1.807) is 31.2 Å². The Bertz CT molecular complexity index is 1060. The zero-order chi connectivity index (χ0) is 22.4. The van der Waals surface area contributed by atoms with Gasteiger partial charge in [-0.25, -0.2) is 13.2 Å². The number of ether oxygens (including phenoxy) is 2. The van der Waals surface area contributed by atoms with E-state index in [-0.39, 0.29) is 16.3 Å². The van der Waals surface area contributed by atoms with E-state index in [2.05, 4.69) is 5.32 Å². The molecule has 0 bridgehead atoms. The maximum absolute atomic E-state index is 13.1. The first-order valence-corrected chi connectivity index (χ1v) is 11.5. The number of nitrogens with zero attached hydrogens (tertiary/aromatic N) is 1. The van der Waals surface area contributed by atoms with Crippen molar-refractivity contribution in [1.29, 1.82) is 0 Å². The molecule has 9 heteroatoms. The minimum Gasteiger partial charge on any atom is -0.495 e. The van der Waals surface area contributed by atoms with Crippen LogP contribution in [0.15, 0.2) is 47.4 Å². The van der Waals surface area contributed by atoms with Crippen molar-refractivity contribution in [3.05, 3.63) is 53.6 Å². The molecule has 0 spiro atoms. The molecule has 0 aliphatic carbocycles. The Balaban J connectivity index is 1.70. The predicted octanol–water partition coefficient (Wildman–Crippen LogP) is 2.97. The van der Waals surface area contributed by atoms with E-state index in [0.29, 0.717) is 18.7 Å². The van der Waals surface area contributed by atoms with E-state index in [1.807, 2.05) is 0 Å². The molecule has 0 saturated carbocycles. The molecule has 1 aliphatic rings. The first kappa shape index (κ1) is 22.8. The summed E-state index contributed by atoms with van der Waals surface area (Å²) in [6.07, 6.45) is 2.62. The molecule has 1 fully saturated rings. The number of anilines is 1. The van der Waals surface area contributed by atoms with Crippen LogP contribution in [0.4, 0.5) is 5.69 Å². The minimum atomic E-state index is -3.76. The molecule has 0 unspecified atom stereocenters. The Morgan fingerprint density at radius 3 is 2.45 bits per heavy atom. The van der Waals surface area contributed by atoms with Crippen LogP contribution < -0.4 is 10.1 Å². The maximum Gasteiger partial charge on any atom is 0.338 e. The van der Waals surface area contributed by atoms with Gasteiger partial charge in [-0.3, -0.25) is 4.79 Å². The van der Waals surface area contributed by atoms with Gasteiger partial charge in [0.15, 0.2) is 6.61 Å². The highest BCUT2D eigenvalue weighted by Crippen LogP contribution is 2.31. The van der Waals surface area contributed by atoms with Crippen molar-refractivity contribution in [2.75, 3.05) is 32.1 Å². The summed E-state index contributed by atoms with van der Waals surface area (Å²) in [6, 6.07) is 11.3. The highest BCUT2D eigenvalue weighted by molar-refractivity contribution is 7.89. The number of carbonyl (C=O) groups excluding carboxylic acids is 2. The van der Waals surface area contributed by atoms with Crippen LogP contribution in [0.2, 0.25) is 0 Å². The minimum absolute atomic E-state index is 0.00777. The number of benzene rings is 2. The second-order valence-corrected chi connectivity index (χ2v) is 9.18.